The van der Waals surface area contributed by atoms with Crippen LogP contribution < -0.4 is 5.32 Å². The van der Waals surface area contributed by atoms with Crippen molar-refractivity contribution in [2.75, 3.05) is 11.9 Å². The minimum Gasteiger partial charge on any atom is -0.393 e. The van der Waals surface area contributed by atoms with Crippen molar-refractivity contribution in [2.45, 2.75) is 12.3 Å². The summed E-state index contributed by atoms with van der Waals surface area (Å²) in [6, 6.07) is 13.6. The maximum Gasteiger partial charge on any atom is 0.416 e. The van der Waals surface area contributed by atoms with Crippen molar-refractivity contribution in [2.24, 2.45) is 0 Å². The van der Waals surface area contributed by atoms with Crippen molar-refractivity contribution >= 4 is 33.9 Å². The molecule has 2 heterocycles. The molecule has 2 aromatic carbocycles. The lowest BCUT2D eigenvalue weighted by Crippen LogP contribution is -2.04. The number of halogens is 4. The molecule has 0 fully saturated rings. The normalized spacial score (nSPS) is 12.7. The van der Waals surface area contributed by atoms with Gasteiger partial charge < -0.3 is 15.5 Å². The van der Waals surface area contributed by atoms with Gasteiger partial charge in [0.15, 0.2) is 0 Å². The van der Waals surface area contributed by atoms with Gasteiger partial charge in [-0.3, -0.25) is 4.98 Å². The topological polar surface area (TPSA) is 78.3 Å². The van der Waals surface area contributed by atoms with E-state index in [0.717, 1.165) is 28.5 Å². The second kappa shape index (κ2) is 8.74. The largest absolute Gasteiger partial charge is 0.416 e. The summed E-state index contributed by atoms with van der Waals surface area (Å²) in [6.07, 6.45) is -2.41. The van der Waals surface area contributed by atoms with Crippen LogP contribution in [0, 0.1) is 0 Å². The van der Waals surface area contributed by atoms with Gasteiger partial charge >= 0.3 is 6.18 Å². The summed E-state index contributed by atoms with van der Waals surface area (Å²) in [7, 11) is 0. The quantitative estimate of drug-likeness (QED) is 0.355. The summed E-state index contributed by atoms with van der Waals surface area (Å²) in [5.74, 6) is 0.495. The molecule has 0 aliphatic heterocycles. The van der Waals surface area contributed by atoms with Crippen LogP contribution >= 0.6 is 11.6 Å². The fourth-order valence-corrected chi connectivity index (χ4v) is 3.54. The Balaban J connectivity index is 1.64. The van der Waals surface area contributed by atoms with Gasteiger partial charge in [-0.25, -0.2) is 4.98 Å². The highest BCUT2D eigenvalue weighted by molar-refractivity contribution is 6.33. The zero-order chi connectivity index (χ0) is 22.9. The third kappa shape index (κ3) is 4.52. The number of aromatic nitrogens is 2. The zero-order valence-corrected chi connectivity index (χ0v) is 17.2. The molecular weight excluding hydrogens is 443 g/mol. The Bertz CT molecular complexity index is 1260. The number of aliphatic hydroxyl groups excluding tert-OH is 2. The molecule has 0 saturated heterocycles. The van der Waals surface area contributed by atoms with Crippen molar-refractivity contribution in [3.8, 4) is 11.3 Å². The third-order valence-electron chi connectivity index (χ3n) is 4.93. The zero-order valence-electron chi connectivity index (χ0n) is 16.4. The molecule has 3 N–H and O–H groups in total. The Labute approximate surface area is 186 Å². The highest BCUT2D eigenvalue weighted by Gasteiger charge is 2.29. The van der Waals surface area contributed by atoms with E-state index in [9.17, 15) is 18.3 Å². The molecule has 0 aliphatic carbocycles. The first-order valence-corrected chi connectivity index (χ1v) is 9.92. The maximum atomic E-state index is 12.8. The summed E-state index contributed by atoms with van der Waals surface area (Å²) in [5, 5.41) is 23.8. The SMILES string of the molecule is OCC(O)c1cnc(-c2ccc3c(Nc4ccc(C(F)(F)F)cc4)nccc3c2)c(Cl)c1. The number of anilines is 2. The number of hydrogen-bond acceptors (Lipinski definition) is 5. The minimum atomic E-state index is -4.39. The first kappa shape index (κ1) is 22.0. The van der Waals surface area contributed by atoms with Gasteiger partial charge in [0.05, 0.1) is 22.9 Å². The van der Waals surface area contributed by atoms with Crippen LogP contribution in [-0.4, -0.2) is 26.8 Å². The molecular formula is C23H17ClF3N3O2. The Morgan fingerprint density at radius 2 is 1.75 bits per heavy atom. The van der Waals surface area contributed by atoms with Crippen LogP contribution in [0.4, 0.5) is 24.7 Å². The van der Waals surface area contributed by atoms with Crippen LogP contribution in [0.2, 0.25) is 5.02 Å². The van der Waals surface area contributed by atoms with Gasteiger partial charge in [-0.2, -0.15) is 13.2 Å². The first-order valence-electron chi connectivity index (χ1n) is 9.54. The molecule has 4 aromatic rings. The van der Waals surface area contributed by atoms with Crippen LogP contribution in [0.1, 0.15) is 17.2 Å². The number of benzene rings is 2. The van der Waals surface area contributed by atoms with Crippen molar-refractivity contribution in [3.05, 3.63) is 83.1 Å². The standard InChI is InChI=1S/C23H17ClF3N3O2/c24-19-10-15(20(32)12-31)11-29-21(19)14-1-6-18-13(9-14)7-8-28-22(18)30-17-4-2-16(3-5-17)23(25,26)27/h1-11,20,31-32H,12H2,(H,28,30). The molecule has 4 rings (SSSR count). The third-order valence-corrected chi connectivity index (χ3v) is 5.22. The van der Waals surface area contributed by atoms with E-state index in [1.165, 1.54) is 18.3 Å². The van der Waals surface area contributed by atoms with Gasteiger partial charge in [-0.1, -0.05) is 17.7 Å². The predicted octanol–water partition coefficient (Wildman–Crippen LogP) is 5.74. The van der Waals surface area contributed by atoms with E-state index >= 15 is 0 Å². The van der Waals surface area contributed by atoms with E-state index < -0.39 is 24.5 Å². The lowest BCUT2D eigenvalue weighted by Gasteiger charge is -2.12. The number of nitrogens with zero attached hydrogens (tertiary/aromatic N) is 2. The van der Waals surface area contributed by atoms with Crippen LogP contribution in [0.15, 0.2) is 67.0 Å². The monoisotopic (exact) mass is 459 g/mol. The average Bonchev–Trinajstić information content (AvgIpc) is 2.78. The van der Waals surface area contributed by atoms with Gasteiger partial charge in [0.1, 0.15) is 11.9 Å². The molecule has 2 aromatic heterocycles. The van der Waals surface area contributed by atoms with E-state index in [1.54, 1.807) is 24.4 Å². The number of rotatable bonds is 5. The molecule has 32 heavy (non-hydrogen) atoms. The van der Waals surface area contributed by atoms with Crippen molar-refractivity contribution in [1.82, 2.24) is 9.97 Å². The van der Waals surface area contributed by atoms with Gasteiger partial charge in [0, 0.05) is 34.6 Å². The Kier molecular flexibility index (Phi) is 6.01. The molecule has 9 heteroatoms. The second-order valence-corrected chi connectivity index (χ2v) is 7.50. The number of alkyl halides is 3. The molecule has 0 radical (unpaired) electrons. The Morgan fingerprint density at radius 3 is 2.41 bits per heavy atom. The highest BCUT2D eigenvalue weighted by atomic mass is 35.5. The summed E-state index contributed by atoms with van der Waals surface area (Å²) in [4.78, 5) is 8.62. The summed E-state index contributed by atoms with van der Waals surface area (Å²) < 4.78 is 38.3. The number of pyridine rings is 2. The Morgan fingerprint density at radius 1 is 1.00 bits per heavy atom. The molecule has 1 unspecified atom stereocenters. The molecule has 0 spiro atoms. The fraction of sp³-hybridized carbons (Fsp3) is 0.130. The minimum absolute atomic E-state index is 0.325. The summed E-state index contributed by atoms with van der Waals surface area (Å²) in [5.41, 5.74) is 1.41. The number of fused-ring (bicyclic) bond motifs is 1. The van der Waals surface area contributed by atoms with E-state index in [1.807, 2.05) is 12.1 Å². The molecule has 0 bridgehead atoms. The predicted molar refractivity (Wildman–Crippen MR) is 117 cm³/mol. The molecule has 0 saturated carbocycles. The van der Waals surface area contributed by atoms with Gasteiger partial charge in [-0.15, -0.1) is 0 Å². The second-order valence-electron chi connectivity index (χ2n) is 7.09. The summed E-state index contributed by atoms with van der Waals surface area (Å²) in [6.45, 7) is -0.435. The van der Waals surface area contributed by atoms with Crippen molar-refractivity contribution in [1.29, 1.82) is 0 Å². The Hall–Kier alpha value is -3.20. The van der Waals surface area contributed by atoms with E-state index in [0.29, 0.717) is 27.8 Å². The highest BCUT2D eigenvalue weighted by Crippen LogP contribution is 2.33. The van der Waals surface area contributed by atoms with E-state index in [2.05, 4.69) is 15.3 Å². The number of nitrogens with one attached hydrogen (secondary N) is 1. The first-order chi connectivity index (χ1) is 15.3. The maximum absolute atomic E-state index is 12.8. The smallest absolute Gasteiger partial charge is 0.393 e. The van der Waals surface area contributed by atoms with Gasteiger partial charge in [0.25, 0.3) is 0 Å². The van der Waals surface area contributed by atoms with Gasteiger partial charge in [-0.05, 0) is 53.9 Å². The van der Waals surface area contributed by atoms with Crippen LogP contribution in [-0.2, 0) is 6.18 Å². The summed E-state index contributed by atoms with van der Waals surface area (Å²) >= 11 is 6.34. The lowest BCUT2D eigenvalue weighted by molar-refractivity contribution is -0.137. The number of hydrogen-bond donors (Lipinski definition) is 3. The van der Waals surface area contributed by atoms with Crippen molar-refractivity contribution < 1.29 is 23.4 Å². The molecule has 0 aliphatic rings. The fourth-order valence-electron chi connectivity index (χ4n) is 3.26. The van der Waals surface area contributed by atoms with Gasteiger partial charge in [0.2, 0.25) is 0 Å². The van der Waals surface area contributed by atoms with Crippen LogP contribution in [0.5, 0.6) is 0 Å². The number of aliphatic hydroxyl groups is 2. The van der Waals surface area contributed by atoms with Crippen molar-refractivity contribution in [3.63, 3.8) is 0 Å². The van der Waals surface area contributed by atoms with E-state index in [-0.39, 0.29) is 0 Å². The molecule has 164 valence electrons. The van der Waals surface area contributed by atoms with E-state index in [4.69, 9.17) is 16.7 Å². The van der Waals surface area contributed by atoms with Crippen LogP contribution in [0.25, 0.3) is 22.0 Å². The van der Waals surface area contributed by atoms with Crippen LogP contribution in [0.3, 0.4) is 0 Å². The molecule has 5 nitrogen and oxygen atoms in total. The molecule has 1 atom stereocenters. The average molecular weight is 460 g/mol. The molecule has 0 amide bonds. The lowest BCUT2D eigenvalue weighted by atomic mass is 10.0.